The third-order valence-corrected chi connectivity index (χ3v) is 3.39. The zero-order valence-corrected chi connectivity index (χ0v) is 11.1. The molecule has 4 nitrogen and oxygen atoms in total. The molecule has 1 rings (SSSR count). The van der Waals surface area contributed by atoms with E-state index in [4.69, 9.17) is 0 Å². The molecule has 4 heteroatoms. The number of amides is 1. The summed E-state index contributed by atoms with van der Waals surface area (Å²) >= 11 is 0. The summed E-state index contributed by atoms with van der Waals surface area (Å²) in [5.41, 5.74) is -0.737. The van der Waals surface area contributed by atoms with Gasteiger partial charge in [0.15, 0.2) is 0 Å². The molecule has 1 aliphatic rings. The van der Waals surface area contributed by atoms with Crippen LogP contribution in [-0.4, -0.2) is 35.0 Å². The van der Waals surface area contributed by atoms with Crippen LogP contribution in [0.15, 0.2) is 24.3 Å². The van der Waals surface area contributed by atoms with Crippen LogP contribution in [0.5, 0.6) is 0 Å². The van der Waals surface area contributed by atoms with Crippen LogP contribution in [-0.2, 0) is 9.59 Å². The van der Waals surface area contributed by atoms with Crippen molar-refractivity contribution >= 4 is 11.9 Å². The second-order valence-electron chi connectivity index (χ2n) is 4.73. The SMILES string of the molecule is CC=CC=CC(=O)N1CCC(CCC)(C(=O)O)C1. The van der Waals surface area contributed by atoms with E-state index in [1.165, 1.54) is 6.08 Å². The fourth-order valence-corrected chi connectivity index (χ4v) is 2.38. The van der Waals surface area contributed by atoms with Gasteiger partial charge in [-0.3, -0.25) is 9.59 Å². The van der Waals surface area contributed by atoms with Crippen LogP contribution in [0.3, 0.4) is 0 Å². The van der Waals surface area contributed by atoms with Gasteiger partial charge in [0, 0.05) is 19.2 Å². The lowest BCUT2D eigenvalue weighted by Gasteiger charge is -2.23. The molecule has 1 aliphatic heterocycles. The fraction of sp³-hybridized carbons (Fsp3) is 0.571. The third kappa shape index (κ3) is 3.22. The van der Waals surface area contributed by atoms with Gasteiger partial charge in [0.1, 0.15) is 0 Å². The van der Waals surface area contributed by atoms with Crippen molar-refractivity contribution < 1.29 is 14.7 Å². The van der Waals surface area contributed by atoms with E-state index in [-0.39, 0.29) is 5.91 Å². The van der Waals surface area contributed by atoms with Crippen LogP contribution in [0.2, 0.25) is 0 Å². The smallest absolute Gasteiger partial charge is 0.311 e. The van der Waals surface area contributed by atoms with Crippen LogP contribution >= 0.6 is 0 Å². The van der Waals surface area contributed by atoms with Gasteiger partial charge in [-0.1, -0.05) is 31.6 Å². The molecule has 1 atom stereocenters. The minimum atomic E-state index is -0.780. The summed E-state index contributed by atoms with van der Waals surface area (Å²) in [4.78, 5) is 24.9. The Morgan fingerprint density at radius 2 is 2.11 bits per heavy atom. The predicted molar refractivity (Wildman–Crippen MR) is 70.1 cm³/mol. The van der Waals surface area contributed by atoms with E-state index in [2.05, 4.69) is 0 Å². The highest BCUT2D eigenvalue weighted by atomic mass is 16.4. The number of nitrogens with zero attached hydrogens (tertiary/aromatic N) is 1. The normalized spacial score (nSPS) is 24.2. The number of carboxylic acid groups (broad SMARTS) is 1. The molecule has 100 valence electrons. The summed E-state index contributed by atoms with van der Waals surface area (Å²) in [5.74, 6) is -0.885. The average molecular weight is 251 g/mol. The monoisotopic (exact) mass is 251 g/mol. The standard InChI is InChI=1S/C14H21NO3/c1-3-5-6-7-12(16)15-10-9-14(11-15,8-4-2)13(17)18/h3,5-7H,4,8-11H2,1-2H3,(H,17,18). The van der Waals surface area contributed by atoms with Gasteiger partial charge < -0.3 is 10.0 Å². The van der Waals surface area contributed by atoms with Crippen molar-refractivity contribution in [3.63, 3.8) is 0 Å². The van der Waals surface area contributed by atoms with E-state index in [1.807, 2.05) is 19.9 Å². The number of allylic oxidation sites excluding steroid dienone is 3. The maximum atomic E-state index is 11.8. The molecule has 0 aromatic carbocycles. The predicted octanol–water partition coefficient (Wildman–Crippen LogP) is 2.22. The van der Waals surface area contributed by atoms with Crippen LogP contribution in [0.4, 0.5) is 0 Å². The van der Waals surface area contributed by atoms with Gasteiger partial charge in [0.2, 0.25) is 5.91 Å². The van der Waals surface area contributed by atoms with E-state index >= 15 is 0 Å². The van der Waals surface area contributed by atoms with Crippen molar-refractivity contribution in [3.8, 4) is 0 Å². The number of rotatable bonds is 5. The van der Waals surface area contributed by atoms with Crippen LogP contribution in [0.1, 0.15) is 33.1 Å². The molecule has 1 heterocycles. The van der Waals surface area contributed by atoms with Crippen molar-refractivity contribution in [2.75, 3.05) is 13.1 Å². The topological polar surface area (TPSA) is 57.6 Å². The summed E-state index contributed by atoms with van der Waals surface area (Å²) in [6.07, 6.45) is 8.80. The van der Waals surface area contributed by atoms with Gasteiger partial charge in [-0.25, -0.2) is 0 Å². The highest BCUT2D eigenvalue weighted by Crippen LogP contribution is 2.35. The molecule has 0 spiro atoms. The molecule has 1 N–H and O–H groups in total. The summed E-state index contributed by atoms with van der Waals surface area (Å²) in [7, 11) is 0. The molecule has 0 radical (unpaired) electrons. The molecule has 1 amide bonds. The molecule has 0 aromatic heterocycles. The molecule has 1 unspecified atom stereocenters. The van der Waals surface area contributed by atoms with Gasteiger partial charge >= 0.3 is 5.97 Å². The molecular formula is C14H21NO3. The zero-order valence-electron chi connectivity index (χ0n) is 11.1. The first-order chi connectivity index (χ1) is 8.55. The van der Waals surface area contributed by atoms with E-state index in [0.29, 0.717) is 25.9 Å². The van der Waals surface area contributed by atoms with Crippen LogP contribution in [0, 0.1) is 5.41 Å². The molecule has 0 bridgehead atoms. The van der Waals surface area contributed by atoms with Gasteiger partial charge in [0.25, 0.3) is 0 Å². The Labute approximate surface area is 108 Å². The van der Waals surface area contributed by atoms with Crippen LogP contribution in [0.25, 0.3) is 0 Å². The Bertz CT molecular complexity index is 373. The van der Waals surface area contributed by atoms with Crippen molar-refractivity contribution in [1.29, 1.82) is 0 Å². The maximum Gasteiger partial charge on any atom is 0.311 e. The largest absolute Gasteiger partial charge is 0.481 e. The van der Waals surface area contributed by atoms with E-state index in [9.17, 15) is 14.7 Å². The summed E-state index contributed by atoms with van der Waals surface area (Å²) in [6, 6.07) is 0. The zero-order chi connectivity index (χ0) is 13.6. The minimum Gasteiger partial charge on any atom is -0.481 e. The van der Waals surface area contributed by atoms with Crippen molar-refractivity contribution in [1.82, 2.24) is 4.90 Å². The van der Waals surface area contributed by atoms with Gasteiger partial charge in [0.05, 0.1) is 5.41 Å². The second-order valence-corrected chi connectivity index (χ2v) is 4.73. The average Bonchev–Trinajstić information content (AvgIpc) is 2.75. The number of carboxylic acids is 1. The highest BCUT2D eigenvalue weighted by Gasteiger charge is 2.44. The Morgan fingerprint density at radius 1 is 1.39 bits per heavy atom. The van der Waals surface area contributed by atoms with Gasteiger partial charge in [-0.2, -0.15) is 0 Å². The Balaban J connectivity index is 2.69. The van der Waals surface area contributed by atoms with E-state index in [1.54, 1.807) is 17.1 Å². The number of hydrogen-bond donors (Lipinski definition) is 1. The number of carbonyl (C=O) groups excluding carboxylic acids is 1. The number of likely N-dealkylation sites (tertiary alicyclic amines) is 1. The molecule has 0 aromatic rings. The van der Waals surface area contributed by atoms with Crippen molar-refractivity contribution in [3.05, 3.63) is 24.3 Å². The van der Waals surface area contributed by atoms with E-state index in [0.717, 1.165) is 6.42 Å². The lowest BCUT2D eigenvalue weighted by Crippen LogP contribution is -2.36. The van der Waals surface area contributed by atoms with Crippen molar-refractivity contribution in [2.45, 2.75) is 33.1 Å². The van der Waals surface area contributed by atoms with Crippen LogP contribution < -0.4 is 0 Å². The Morgan fingerprint density at radius 3 is 2.67 bits per heavy atom. The Hall–Kier alpha value is -1.58. The molecule has 0 aliphatic carbocycles. The summed E-state index contributed by atoms with van der Waals surface area (Å²) in [5, 5.41) is 9.34. The molecule has 18 heavy (non-hydrogen) atoms. The van der Waals surface area contributed by atoms with Gasteiger partial charge in [-0.15, -0.1) is 0 Å². The lowest BCUT2D eigenvalue weighted by atomic mass is 9.83. The molecule has 1 saturated heterocycles. The first-order valence-electron chi connectivity index (χ1n) is 6.37. The molecule has 0 saturated carbocycles. The fourth-order valence-electron chi connectivity index (χ4n) is 2.38. The third-order valence-electron chi connectivity index (χ3n) is 3.39. The number of hydrogen-bond acceptors (Lipinski definition) is 2. The lowest BCUT2D eigenvalue weighted by molar-refractivity contribution is -0.148. The van der Waals surface area contributed by atoms with E-state index < -0.39 is 11.4 Å². The first-order valence-corrected chi connectivity index (χ1v) is 6.37. The summed E-state index contributed by atoms with van der Waals surface area (Å²) < 4.78 is 0. The number of aliphatic carboxylic acids is 1. The quantitative estimate of drug-likeness (QED) is 0.602. The highest BCUT2D eigenvalue weighted by molar-refractivity contribution is 5.89. The molecular weight excluding hydrogens is 230 g/mol. The minimum absolute atomic E-state index is 0.104. The first kappa shape index (κ1) is 14.5. The summed E-state index contributed by atoms with van der Waals surface area (Å²) in [6.45, 7) is 4.71. The molecule has 1 fully saturated rings. The Kier molecular flexibility index (Phi) is 5.13. The van der Waals surface area contributed by atoms with Crippen molar-refractivity contribution in [2.24, 2.45) is 5.41 Å². The maximum absolute atomic E-state index is 11.8. The second kappa shape index (κ2) is 6.38. The number of carbonyl (C=O) groups is 2. The van der Waals surface area contributed by atoms with Gasteiger partial charge in [-0.05, 0) is 19.8 Å².